The molecule has 2 aliphatic rings. The summed E-state index contributed by atoms with van der Waals surface area (Å²) in [6.07, 6.45) is 8.52. The van der Waals surface area contributed by atoms with Gasteiger partial charge < -0.3 is 15.5 Å². The van der Waals surface area contributed by atoms with E-state index in [0.29, 0.717) is 24.9 Å². The second-order valence-electron chi connectivity index (χ2n) is 16.0. The van der Waals surface area contributed by atoms with Crippen molar-refractivity contribution in [2.24, 2.45) is 10.8 Å². The summed E-state index contributed by atoms with van der Waals surface area (Å²) in [5.41, 5.74) is 4.03. The highest BCUT2D eigenvalue weighted by Gasteiger charge is 2.43. The molecule has 3 amide bonds. The van der Waals surface area contributed by atoms with Gasteiger partial charge in [0.15, 0.2) is 0 Å². The van der Waals surface area contributed by atoms with Gasteiger partial charge in [-0.15, -0.1) is 0 Å². The smallest absolute Gasteiger partial charge is 0.251 e. The molecule has 2 saturated carbocycles. The molecule has 5 rings (SSSR count). The van der Waals surface area contributed by atoms with Gasteiger partial charge in [-0.3, -0.25) is 14.4 Å². The summed E-state index contributed by atoms with van der Waals surface area (Å²) in [6.45, 7) is 11.4. The molecule has 256 valence electrons. The number of benzene rings is 3. The van der Waals surface area contributed by atoms with Gasteiger partial charge in [-0.1, -0.05) is 127 Å². The van der Waals surface area contributed by atoms with E-state index in [1.807, 2.05) is 73.5 Å². The van der Waals surface area contributed by atoms with Crippen molar-refractivity contribution in [2.75, 3.05) is 13.6 Å². The number of nitrogens with one attached hydrogen (secondary N) is 2. The van der Waals surface area contributed by atoms with Crippen LogP contribution in [0.1, 0.15) is 120 Å². The summed E-state index contributed by atoms with van der Waals surface area (Å²) < 4.78 is 0. The third kappa shape index (κ3) is 8.19. The highest BCUT2D eigenvalue weighted by Crippen LogP contribution is 2.45. The maximum atomic E-state index is 14.0. The van der Waals surface area contributed by atoms with Crippen molar-refractivity contribution < 1.29 is 14.4 Å². The van der Waals surface area contributed by atoms with E-state index in [9.17, 15) is 14.4 Å². The number of hydrogen-bond donors (Lipinski definition) is 2. The van der Waals surface area contributed by atoms with E-state index in [1.165, 1.54) is 12.0 Å². The third-order valence-electron chi connectivity index (χ3n) is 11.1. The molecule has 3 aromatic rings. The second-order valence-corrected chi connectivity index (χ2v) is 16.0. The van der Waals surface area contributed by atoms with Crippen LogP contribution >= 0.6 is 0 Å². The number of nitrogens with zero attached hydrogens (tertiary/aromatic N) is 1. The Balaban J connectivity index is 1.22. The Labute approximate surface area is 288 Å². The molecule has 0 heterocycles. The van der Waals surface area contributed by atoms with E-state index >= 15 is 0 Å². The van der Waals surface area contributed by atoms with Gasteiger partial charge in [-0.25, -0.2) is 0 Å². The Morgan fingerprint density at radius 2 is 1.42 bits per heavy atom. The highest BCUT2D eigenvalue weighted by molar-refractivity contribution is 6.01. The van der Waals surface area contributed by atoms with Gasteiger partial charge >= 0.3 is 0 Å². The normalized spacial score (nSPS) is 22.4. The van der Waals surface area contributed by atoms with Crippen LogP contribution in [0.2, 0.25) is 0 Å². The zero-order chi connectivity index (χ0) is 34.5. The molecule has 0 aliphatic heterocycles. The standard InChI is InChI=1S/C42H55N3O3/c1-40(2,3)32-23-21-30(22-24-32)34-19-13-14-20-35(34)37(46)43-29-41(4)25-27-42(5,28-26-41)39(48)44-36(31-15-9-7-10-16-31)38(47)45(6)33-17-11-8-12-18-33/h7,9-10,13-16,19-24,33,36H,8,11-12,17-18,25-29H2,1-6H3,(H,43,46)(H,44,48)/t36-,41?,42?/m0/s1. The minimum absolute atomic E-state index is 0.0427. The minimum Gasteiger partial charge on any atom is -0.351 e. The Bertz CT molecular complexity index is 1560. The van der Waals surface area contributed by atoms with Crippen LogP contribution in [0.3, 0.4) is 0 Å². The molecule has 6 nitrogen and oxygen atoms in total. The molecule has 0 bridgehead atoms. The molecule has 0 saturated heterocycles. The molecule has 2 aliphatic carbocycles. The predicted molar refractivity (Wildman–Crippen MR) is 195 cm³/mol. The first-order chi connectivity index (χ1) is 22.8. The summed E-state index contributed by atoms with van der Waals surface area (Å²) in [5.74, 6) is -0.192. The van der Waals surface area contributed by atoms with Crippen LogP contribution in [0.5, 0.6) is 0 Å². The van der Waals surface area contributed by atoms with Crippen molar-refractivity contribution in [3.05, 3.63) is 95.6 Å². The number of carbonyl (C=O) groups excluding carboxylic acids is 3. The van der Waals surface area contributed by atoms with Gasteiger partial charge in [0.05, 0.1) is 0 Å². The number of amides is 3. The summed E-state index contributed by atoms with van der Waals surface area (Å²) in [7, 11) is 1.89. The fourth-order valence-electron chi connectivity index (χ4n) is 7.37. The van der Waals surface area contributed by atoms with Crippen molar-refractivity contribution in [2.45, 2.75) is 110 Å². The summed E-state index contributed by atoms with van der Waals surface area (Å²) in [5, 5.41) is 6.43. The van der Waals surface area contributed by atoms with Gasteiger partial charge in [0.25, 0.3) is 5.91 Å². The molecular weight excluding hydrogens is 594 g/mol. The lowest BCUT2D eigenvalue weighted by Crippen LogP contribution is -2.50. The van der Waals surface area contributed by atoms with Crippen molar-refractivity contribution in [3.63, 3.8) is 0 Å². The third-order valence-corrected chi connectivity index (χ3v) is 11.1. The molecule has 1 atom stereocenters. The molecule has 0 unspecified atom stereocenters. The first-order valence-electron chi connectivity index (χ1n) is 17.9. The van der Waals surface area contributed by atoms with Crippen LogP contribution in [0.4, 0.5) is 0 Å². The molecule has 0 radical (unpaired) electrons. The zero-order valence-corrected chi connectivity index (χ0v) is 29.9. The van der Waals surface area contributed by atoms with E-state index in [-0.39, 0.29) is 34.6 Å². The average Bonchev–Trinajstić information content (AvgIpc) is 3.10. The molecular formula is C42H55N3O3. The largest absolute Gasteiger partial charge is 0.351 e. The minimum atomic E-state index is -0.709. The van der Waals surface area contributed by atoms with Crippen molar-refractivity contribution in [1.82, 2.24) is 15.5 Å². The lowest BCUT2D eigenvalue weighted by atomic mass is 9.64. The Hall–Kier alpha value is -3.93. The van der Waals surface area contributed by atoms with E-state index in [4.69, 9.17) is 0 Å². The van der Waals surface area contributed by atoms with E-state index in [2.05, 4.69) is 62.6 Å². The van der Waals surface area contributed by atoms with Crippen LogP contribution in [0, 0.1) is 10.8 Å². The maximum Gasteiger partial charge on any atom is 0.251 e. The Kier molecular flexibility index (Phi) is 10.8. The average molecular weight is 650 g/mol. The van der Waals surface area contributed by atoms with Crippen LogP contribution in [0.25, 0.3) is 11.1 Å². The summed E-state index contributed by atoms with van der Waals surface area (Å²) in [6, 6.07) is 25.4. The molecule has 3 aromatic carbocycles. The van der Waals surface area contributed by atoms with Crippen molar-refractivity contribution >= 4 is 17.7 Å². The lowest BCUT2D eigenvalue weighted by Gasteiger charge is -2.43. The Morgan fingerprint density at radius 3 is 2.04 bits per heavy atom. The predicted octanol–water partition coefficient (Wildman–Crippen LogP) is 8.62. The zero-order valence-electron chi connectivity index (χ0n) is 29.9. The molecule has 2 N–H and O–H groups in total. The van der Waals surface area contributed by atoms with Gasteiger partial charge in [0.2, 0.25) is 11.8 Å². The molecule has 0 aromatic heterocycles. The van der Waals surface area contributed by atoms with Gasteiger partial charge in [-0.05, 0) is 77.7 Å². The van der Waals surface area contributed by atoms with Crippen LogP contribution in [0.15, 0.2) is 78.9 Å². The first kappa shape index (κ1) is 35.4. The monoisotopic (exact) mass is 649 g/mol. The van der Waals surface area contributed by atoms with Crippen LogP contribution in [-0.4, -0.2) is 42.3 Å². The van der Waals surface area contributed by atoms with E-state index in [0.717, 1.165) is 55.2 Å². The van der Waals surface area contributed by atoms with Gasteiger partial charge in [0.1, 0.15) is 6.04 Å². The van der Waals surface area contributed by atoms with Crippen LogP contribution < -0.4 is 10.6 Å². The number of likely N-dealkylation sites (N-methyl/N-ethyl adjacent to an activating group) is 1. The number of rotatable bonds is 9. The molecule has 48 heavy (non-hydrogen) atoms. The fourth-order valence-corrected chi connectivity index (χ4v) is 7.37. The number of carbonyl (C=O) groups is 3. The number of hydrogen-bond acceptors (Lipinski definition) is 3. The first-order valence-corrected chi connectivity index (χ1v) is 17.9. The fraction of sp³-hybridized carbons (Fsp3) is 0.500. The second kappa shape index (κ2) is 14.7. The quantitative estimate of drug-likeness (QED) is 0.244. The molecule has 0 spiro atoms. The van der Waals surface area contributed by atoms with E-state index < -0.39 is 11.5 Å². The van der Waals surface area contributed by atoms with Gasteiger partial charge in [-0.2, -0.15) is 0 Å². The molecule has 6 heteroatoms. The van der Waals surface area contributed by atoms with Crippen molar-refractivity contribution in [1.29, 1.82) is 0 Å². The topological polar surface area (TPSA) is 78.5 Å². The molecule has 2 fully saturated rings. The highest BCUT2D eigenvalue weighted by atomic mass is 16.2. The SMILES string of the molecule is CN(C(=O)[C@@H](NC(=O)C1(C)CCC(C)(CNC(=O)c2ccccc2-c2ccc(C(C)(C)C)cc2)CC1)c1ccccc1)C1CCCCC1. The van der Waals surface area contributed by atoms with Crippen LogP contribution in [-0.2, 0) is 15.0 Å². The lowest BCUT2D eigenvalue weighted by molar-refractivity contribution is -0.141. The maximum absolute atomic E-state index is 14.0. The summed E-state index contributed by atoms with van der Waals surface area (Å²) >= 11 is 0. The van der Waals surface area contributed by atoms with E-state index in [1.54, 1.807) is 0 Å². The summed E-state index contributed by atoms with van der Waals surface area (Å²) in [4.78, 5) is 43.3. The van der Waals surface area contributed by atoms with Crippen molar-refractivity contribution in [3.8, 4) is 11.1 Å². The van der Waals surface area contributed by atoms with Gasteiger partial charge in [0, 0.05) is 30.6 Å². The Morgan fingerprint density at radius 1 is 0.812 bits per heavy atom.